The number of ether oxygens (including phenoxy) is 1. The lowest BCUT2D eigenvalue weighted by molar-refractivity contribution is -0.114. The maximum Gasteiger partial charge on any atom is 0.358 e. The van der Waals surface area contributed by atoms with Crippen molar-refractivity contribution in [1.29, 1.82) is 0 Å². The Morgan fingerprint density at radius 2 is 1.30 bits per heavy atom. The highest BCUT2D eigenvalue weighted by molar-refractivity contribution is 5.98. The highest BCUT2D eigenvalue weighted by Crippen LogP contribution is 2.43. The van der Waals surface area contributed by atoms with E-state index in [4.69, 9.17) is 15.0 Å². The molecule has 1 N–H and O–H groups in total. The van der Waals surface area contributed by atoms with Crippen molar-refractivity contribution in [3.63, 3.8) is 0 Å². The molecule has 0 bridgehead atoms. The van der Waals surface area contributed by atoms with Gasteiger partial charge in [-0.25, -0.2) is 14.5 Å². The largest absolute Gasteiger partial charge is 0.464 e. The molecule has 270 valence electrons. The number of rotatable bonds is 13. The summed E-state index contributed by atoms with van der Waals surface area (Å²) in [7, 11) is 1.33. The summed E-state index contributed by atoms with van der Waals surface area (Å²) in [6.45, 7) is 3.86. The van der Waals surface area contributed by atoms with Crippen LogP contribution < -0.4 is 5.32 Å². The van der Waals surface area contributed by atoms with Gasteiger partial charge in [-0.1, -0.05) is 153 Å². The maximum absolute atomic E-state index is 13.0. The van der Waals surface area contributed by atoms with Crippen molar-refractivity contribution in [2.24, 2.45) is 0 Å². The summed E-state index contributed by atoms with van der Waals surface area (Å²) in [6, 6.07) is 47.4. The monoisotopic (exact) mass is 715 g/mol. The van der Waals surface area contributed by atoms with Crippen LogP contribution in [0.4, 0.5) is 5.82 Å². The molecule has 10 nitrogen and oxygen atoms in total. The Bertz CT molecular complexity index is 2260. The smallest absolute Gasteiger partial charge is 0.358 e. The molecule has 0 atom stereocenters. The third kappa shape index (κ3) is 6.81. The molecule has 10 heteroatoms. The van der Waals surface area contributed by atoms with E-state index in [0.717, 1.165) is 51.8 Å². The molecule has 0 saturated carbocycles. The molecule has 7 rings (SSSR count). The summed E-state index contributed by atoms with van der Waals surface area (Å²) in [5.74, 6) is 0.657. The van der Waals surface area contributed by atoms with Gasteiger partial charge in [0.05, 0.1) is 7.11 Å². The predicted molar refractivity (Wildman–Crippen MR) is 209 cm³/mol. The number of esters is 1. The standard InChI is InChI=1S/C44H41N7O3/c1-4-5-25-39-46-41(45-31(2)52)40(43(53)54-3)50(39)30-32-26-28-33(29-27-32)37-23-15-16-24-38(37)42-47-48-49-51(42)44(34-17-9-6-10-18-34,35-19-11-7-12-20-35)36-21-13-8-14-22-36/h6-24,26-29H,4-5,25,30H2,1-3H3,(H,45,52). The van der Waals surface area contributed by atoms with Crippen molar-refractivity contribution in [3.8, 4) is 22.5 Å². The van der Waals surface area contributed by atoms with Crippen molar-refractivity contribution in [1.82, 2.24) is 29.8 Å². The lowest BCUT2D eigenvalue weighted by Gasteiger charge is -2.36. The molecular formula is C44H41N7O3. The molecule has 0 unspecified atom stereocenters. The average Bonchev–Trinajstić information content (AvgIpc) is 3.83. The highest BCUT2D eigenvalue weighted by atomic mass is 16.5. The quantitative estimate of drug-likeness (QED) is 0.0946. The first-order chi connectivity index (χ1) is 26.4. The predicted octanol–water partition coefficient (Wildman–Crippen LogP) is 8.18. The van der Waals surface area contributed by atoms with Gasteiger partial charge in [-0.15, -0.1) is 5.10 Å². The van der Waals surface area contributed by atoms with E-state index in [0.29, 0.717) is 24.6 Å². The number of nitrogens with one attached hydrogen (secondary N) is 1. The number of unbranched alkanes of at least 4 members (excludes halogenated alkanes) is 1. The highest BCUT2D eigenvalue weighted by Gasteiger charge is 2.42. The second kappa shape index (κ2) is 15.9. The SMILES string of the molecule is CCCCc1nc(NC(C)=O)c(C(=O)OC)n1Cc1ccc(-c2ccccc2-c2nnnn2C(c2ccccc2)(c2ccccc2)c2ccccc2)cc1. The number of imidazole rings is 1. The Morgan fingerprint density at radius 3 is 1.83 bits per heavy atom. The molecule has 2 aromatic heterocycles. The Balaban J connectivity index is 1.32. The van der Waals surface area contributed by atoms with E-state index in [2.05, 4.69) is 83.1 Å². The lowest BCUT2D eigenvalue weighted by atomic mass is 9.77. The fraction of sp³-hybridized carbons (Fsp3) is 0.182. The van der Waals surface area contributed by atoms with Crippen molar-refractivity contribution >= 4 is 17.7 Å². The Morgan fingerprint density at radius 1 is 0.741 bits per heavy atom. The minimum absolute atomic E-state index is 0.210. The van der Waals surface area contributed by atoms with Crippen LogP contribution in [-0.4, -0.2) is 48.7 Å². The topological polar surface area (TPSA) is 117 Å². The van der Waals surface area contributed by atoms with E-state index in [9.17, 15) is 9.59 Å². The normalized spacial score (nSPS) is 11.3. The van der Waals surface area contributed by atoms with Crippen molar-refractivity contribution in [3.05, 3.63) is 173 Å². The van der Waals surface area contributed by atoms with Crippen molar-refractivity contribution in [2.45, 2.75) is 45.2 Å². The molecule has 0 aliphatic rings. The third-order valence-electron chi connectivity index (χ3n) is 9.61. The first-order valence-corrected chi connectivity index (χ1v) is 18.0. The Kier molecular flexibility index (Phi) is 10.5. The zero-order valence-electron chi connectivity index (χ0n) is 30.5. The molecule has 54 heavy (non-hydrogen) atoms. The fourth-order valence-electron chi connectivity index (χ4n) is 7.14. The van der Waals surface area contributed by atoms with Crippen LogP contribution >= 0.6 is 0 Å². The Hall–Kier alpha value is -6.68. The van der Waals surface area contributed by atoms with E-state index in [1.54, 1.807) is 0 Å². The Labute approximate surface area is 314 Å². The van der Waals surface area contributed by atoms with Gasteiger partial charge in [0.15, 0.2) is 17.3 Å². The van der Waals surface area contributed by atoms with Crippen LogP contribution in [0.1, 0.15) is 65.3 Å². The molecule has 7 aromatic rings. The van der Waals surface area contributed by atoms with Gasteiger partial charge < -0.3 is 14.6 Å². The number of anilines is 1. The van der Waals surface area contributed by atoms with E-state index in [-0.39, 0.29) is 17.4 Å². The van der Waals surface area contributed by atoms with E-state index in [1.807, 2.05) is 88.1 Å². The van der Waals surface area contributed by atoms with E-state index >= 15 is 0 Å². The van der Waals surface area contributed by atoms with Crippen molar-refractivity contribution < 1.29 is 14.3 Å². The molecule has 0 fully saturated rings. The number of carbonyl (C=O) groups excluding carboxylic acids is 2. The molecule has 1 amide bonds. The number of benzene rings is 5. The van der Waals surface area contributed by atoms with Crippen LogP contribution in [0.25, 0.3) is 22.5 Å². The number of tetrazole rings is 1. The van der Waals surface area contributed by atoms with Gasteiger partial charge in [0.1, 0.15) is 11.4 Å². The van der Waals surface area contributed by atoms with Crippen LogP contribution in [0.5, 0.6) is 0 Å². The van der Waals surface area contributed by atoms with Gasteiger partial charge in [0, 0.05) is 25.5 Å². The molecular weight excluding hydrogens is 675 g/mol. The maximum atomic E-state index is 13.0. The van der Waals surface area contributed by atoms with Crippen LogP contribution in [0.3, 0.4) is 0 Å². The zero-order valence-corrected chi connectivity index (χ0v) is 30.5. The second-order valence-corrected chi connectivity index (χ2v) is 13.1. The number of hydrogen-bond acceptors (Lipinski definition) is 7. The summed E-state index contributed by atoms with van der Waals surface area (Å²) < 4.78 is 8.92. The number of aryl methyl sites for hydroxylation is 1. The van der Waals surface area contributed by atoms with Gasteiger partial charge in [-0.2, -0.15) is 0 Å². The summed E-state index contributed by atoms with van der Waals surface area (Å²) in [5, 5.41) is 16.5. The summed E-state index contributed by atoms with van der Waals surface area (Å²) in [5.41, 5.74) is 6.12. The fourth-order valence-corrected chi connectivity index (χ4v) is 7.14. The first-order valence-electron chi connectivity index (χ1n) is 18.0. The van der Waals surface area contributed by atoms with Crippen LogP contribution in [-0.2, 0) is 28.0 Å². The molecule has 0 aliphatic carbocycles. The average molecular weight is 716 g/mol. The molecule has 0 radical (unpaired) electrons. The number of hydrogen-bond donors (Lipinski definition) is 1. The van der Waals surface area contributed by atoms with Crippen LogP contribution in [0, 0.1) is 0 Å². The number of nitrogens with zero attached hydrogens (tertiary/aromatic N) is 6. The minimum atomic E-state index is -0.896. The summed E-state index contributed by atoms with van der Waals surface area (Å²) in [6.07, 6.45) is 2.49. The van der Waals surface area contributed by atoms with Gasteiger partial charge in [0.25, 0.3) is 0 Å². The lowest BCUT2D eigenvalue weighted by Crippen LogP contribution is -2.39. The van der Waals surface area contributed by atoms with Gasteiger partial charge in [0.2, 0.25) is 5.91 Å². The van der Waals surface area contributed by atoms with E-state index < -0.39 is 11.5 Å². The molecule has 5 aromatic carbocycles. The molecule has 0 saturated heterocycles. The van der Waals surface area contributed by atoms with E-state index in [1.165, 1.54) is 14.0 Å². The van der Waals surface area contributed by atoms with Crippen molar-refractivity contribution in [2.75, 3.05) is 12.4 Å². The number of carbonyl (C=O) groups is 2. The van der Waals surface area contributed by atoms with Crippen LogP contribution in [0.2, 0.25) is 0 Å². The van der Waals surface area contributed by atoms with Gasteiger partial charge in [-0.05, 0) is 50.2 Å². The number of methoxy groups -OCH3 is 1. The second-order valence-electron chi connectivity index (χ2n) is 13.1. The minimum Gasteiger partial charge on any atom is -0.464 e. The number of amides is 1. The summed E-state index contributed by atoms with van der Waals surface area (Å²) in [4.78, 5) is 29.7. The molecule has 0 spiro atoms. The summed E-state index contributed by atoms with van der Waals surface area (Å²) >= 11 is 0. The zero-order chi connectivity index (χ0) is 37.5. The molecule has 2 heterocycles. The van der Waals surface area contributed by atoms with Gasteiger partial charge in [-0.3, -0.25) is 4.79 Å². The van der Waals surface area contributed by atoms with Gasteiger partial charge >= 0.3 is 5.97 Å². The molecule has 0 aliphatic heterocycles. The third-order valence-corrected chi connectivity index (χ3v) is 9.61. The first kappa shape index (κ1) is 35.7. The number of aromatic nitrogens is 6. The van der Waals surface area contributed by atoms with Crippen LogP contribution in [0.15, 0.2) is 140 Å².